The van der Waals surface area contributed by atoms with Gasteiger partial charge >= 0.3 is 0 Å². The van der Waals surface area contributed by atoms with Crippen molar-refractivity contribution in [1.29, 1.82) is 0 Å². The van der Waals surface area contributed by atoms with Crippen LogP contribution in [-0.4, -0.2) is 6.04 Å². The number of benzene rings is 1. The van der Waals surface area contributed by atoms with E-state index in [4.69, 9.17) is 11.6 Å². The van der Waals surface area contributed by atoms with Gasteiger partial charge in [0.05, 0.1) is 0 Å². The lowest BCUT2D eigenvalue weighted by Crippen LogP contribution is -2.39. The molecule has 1 N–H and O–H groups in total. The fourth-order valence-electron chi connectivity index (χ4n) is 3.40. The predicted octanol–water partition coefficient (Wildman–Crippen LogP) is 4.64. The maximum atomic E-state index is 6.19. The van der Waals surface area contributed by atoms with Crippen LogP contribution in [0.1, 0.15) is 45.6 Å². The molecule has 2 atom stereocenters. The van der Waals surface area contributed by atoms with Gasteiger partial charge in [-0.3, -0.25) is 0 Å². The van der Waals surface area contributed by atoms with E-state index in [2.05, 4.69) is 38.2 Å². The number of rotatable bonds is 3. The predicted molar refractivity (Wildman–Crippen MR) is 78.9 cm³/mol. The molecule has 18 heavy (non-hydrogen) atoms. The highest BCUT2D eigenvalue weighted by Gasteiger charge is 2.31. The van der Waals surface area contributed by atoms with Crippen molar-refractivity contribution in [1.82, 2.24) is 5.32 Å². The second-order valence-electron chi connectivity index (χ2n) is 6.58. The smallest absolute Gasteiger partial charge is 0.0450 e. The average Bonchev–Trinajstić information content (AvgIpc) is 2.25. The van der Waals surface area contributed by atoms with Gasteiger partial charge in [0, 0.05) is 17.6 Å². The molecule has 0 amide bonds. The number of nitrogens with one attached hydrogen (secondary N) is 1. The van der Waals surface area contributed by atoms with E-state index < -0.39 is 0 Å². The Hall–Kier alpha value is -0.530. The largest absolute Gasteiger partial charge is 0.310 e. The zero-order valence-corrected chi connectivity index (χ0v) is 12.4. The molecule has 0 spiro atoms. The number of halogens is 1. The van der Waals surface area contributed by atoms with Crippen LogP contribution in [0.25, 0.3) is 0 Å². The molecule has 0 bridgehead atoms. The van der Waals surface area contributed by atoms with E-state index in [1.165, 1.54) is 24.8 Å². The van der Waals surface area contributed by atoms with Gasteiger partial charge in [-0.1, -0.05) is 50.6 Å². The minimum Gasteiger partial charge on any atom is -0.310 e. The Labute approximate surface area is 116 Å². The fraction of sp³-hybridized carbons (Fsp3) is 0.625. The first-order valence-electron chi connectivity index (χ1n) is 6.93. The Morgan fingerprint density at radius 1 is 1.28 bits per heavy atom. The van der Waals surface area contributed by atoms with Crippen molar-refractivity contribution in [2.75, 3.05) is 0 Å². The van der Waals surface area contributed by atoms with Crippen LogP contribution < -0.4 is 5.32 Å². The Balaban J connectivity index is 1.92. The van der Waals surface area contributed by atoms with Crippen LogP contribution in [0.2, 0.25) is 5.02 Å². The van der Waals surface area contributed by atoms with Crippen molar-refractivity contribution in [2.45, 2.75) is 52.6 Å². The summed E-state index contributed by atoms with van der Waals surface area (Å²) in [5.74, 6) is 0.817. The van der Waals surface area contributed by atoms with E-state index in [0.717, 1.165) is 17.5 Å². The van der Waals surface area contributed by atoms with E-state index in [1.807, 2.05) is 12.1 Å². The van der Waals surface area contributed by atoms with Gasteiger partial charge in [-0.25, -0.2) is 0 Å². The third kappa shape index (κ3) is 3.73. The normalized spacial score (nSPS) is 27.1. The minimum absolute atomic E-state index is 0.468. The summed E-state index contributed by atoms with van der Waals surface area (Å²) < 4.78 is 0. The highest BCUT2D eigenvalue weighted by Crippen LogP contribution is 2.38. The van der Waals surface area contributed by atoms with Crippen LogP contribution in [0.3, 0.4) is 0 Å². The monoisotopic (exact) mass is 265 g/mol. The maximum Gasteiger partial charge on any atom is 0.0450 e. The van der Waals surface area contributed by atoms with E-state index in [1.54, 1.807) is 0 Å². The lowest BCUT2D eigenvalue weighted by molar-refractivity contribution is 0.151. The molecule has 100 valence electrons. The van der Waals surface area contributed by atoms with Gasteiger partial charge in [-0.15, -0.1) is 0 Å². The zero-order valence-electron chi connectivity index (χ0n) is 11.7. The molecule has 1 aromatic rings. The molecule has 0 radical (unpaired) electrons. The molecule has 1 aliphatic rings. The summed E-state index contributed by atoms with van der Waals surface area (Å²) in [6.45, 7) is 8.01. The standard InChI is InChI=1S/C16H24ClN/c1-12-8-14(10-16(2,3)9-12)18-11-13-6-4-5-7-15(13)17/h4-7,12,14,18H,8-11H2,1-3H3. The van der Waals surface area contributed by atoms with Crippen molar-refractivity contribution < 1.29 is 0 Å². The Bertz CT molecular complexity index is 400. The molecule has 0 aromatic heterocycles. The third-order valence-corrected chi connectivity index (χ3v) is 4.29. The Morgan fingerprint density at radius 3 is 2.67 bits per heavy atom. The maximum absolute atomic E-state index is 6.19. The quantitative estimate of drug-likeness (QED) is 0.839. The van der Waals surface area contributed by atoms with Crippen LogP contribution in [0, 0.1) is 11.3 Å². The first kappa shape index (κ1) is 13.9. The van der Waals surface area contributed by atoms with Crippen molar-refractivity contribution in [3.8, 4) is 0 Å². The number of hydrogen-bond donors (Lipinski definition) is 1. The van der Waals surface area contributed by atoms with Crippen LogP contribution in [-0.2, 0) is 6.54 Å². The Morgan fingerprint density at radius 2 is 2.00 bits per heavy atom. The molecule has 1 fully saturated rings. The first-order chi connectivity index (χ1) is 8.46. The molecule has 2 rings (SSSR count). The molecule has 2 heteroatoms. The van der Waals surface area contributed by atoms with Crippen LogP contribution in [0.15, 0.2) is 24.3 Å². The SMILES string of the molecule is CC1CC(NCc2ccccc2Cl)CC(C)(C)C1. The second-order valence-corrected chi connectivity index (χ2v) is 6.99. The Kier molecular flexibility index (Phi) is 4.34. The highest BCUT2D eigenvalue weighted by molar-refractivity contribution is 6.31. The summed E-state index contributed by atoms with van der Waals surface area (Å²) in [6.07, 6.45) is 3.90. The second kappa shape index (κ2) is 5.63. The summed E-state index contributed by atoms with van der Waals surface area (Å²) >= 11 is 6.19. The zero-order chi connectivity index (χ0) is 13.2. The van der Waals surface area contributed by atoms with Gasteiger partial charge in [0.1, 0.15) is 0 Å². The van der Waals surface area contributed by atoms with Crippen LogP contribution in [0.4, 0.5) is 0 Å². The van der Waals surface area contributed by atoms with E-state index in [-0.39, 0.29) is 0 Å². The first-order valence-corrected chi connectivity index (χ1v) is 7.31. The van der Waals surface area contributed by atoms with Gasteiger partial charge in [0.2, 0.25) is 0 Å². The lowest BCUT2D eigenvalue weighted by atomic mass is 9.70. The average molecular weight is 266 g/mol. The molecule has 1 aromatic carbocycles. The van der Waals surface area contributed by atoms with Crippen molar-refractivity contribution in [3.63, 3.8) is 0 Å². The molecule has 1 nitrogen and oxygen atoms in total. The van der Waals surface area contributed by atoms with E-state index in [9.17, 15) is 0 Å². The molecule has 0 saturated heterocycles. The summed E-state index contributed by atoms with van der Waals surface area (Å²) in [4.78, 5) is 0. The molecule has 2 unspecified atom stereocenters. The van der Waals surface area contributed by atoms with Crippen LogP contribution >= 0.6 is 11.6 Å². The topological polar surface area (TPSA) is 12.0 Å². The summed E-state index contributed by atoms with van der Waals surface area (Å²) in [5.41, 5.74) is 1.67. The number of hydrogen-bond acceptors (Lipinski definition) is 1. The van der Waals surface area contributed by atoms with E-state index in [0.29, 0.717) is 11.5 Å². The van der Waals surface area contributed by atoms with Gasteiger partial charge in [-0.2, -0.15) is 0 Å². The highest BCUT2D eigenvalue weighted by atomic mass is 35.5. The molecular weight excluding hydrogens is 242 g/mol. The van der Waals surface area contributed by atoms with Gasteiger partial charge in [0.25, 0.3) is 0 Å². The summed E-state index contributed by atoms with van der Waals surface area (Å²) in [5, 5.41) is 4.55. The molecule has 1 aliphatic carbocycles. The van der Waals surface area contributed by atoms with Gasteiger partial charge in [-0.05, 0) is 42.2 Å². The third-order valence-electron chi connectivity index (χ3n) is 3.93. The van der Waals surface area contributed by atoms with Crippen molar-refractivity contribution in [2.24, 2.45) is 11.3 Å². The molecule has 0 heterocycles. The molecular formula is C16H24ClN. The molecule has 1 saturated carbocycles. The van der Waals surface area contributed by atoms with Crippen molar-refractivity contribution in [3.05, 3.63) is 34.9 Å². The van der Waals surface area contributed by atoms with E-state index >= 15 is 0 Å². The molecule has 0 aliphatic heterocycles. The fourth-order valence-corrected chi connectivity index (χ4v) is 3.60. The summed E-state index contributed by atoms with van der Waals surface area (Å²) in [7, 11) is 0. The summed E-state index contributed by atoms with van der Waals surface area (Å²) in [6, 6.07) is 8.73. The van der Waals surface area contributed by atoms with Gasteiger partial charge < -0.3 is 5.32 Å². The minimum atomic E-state index is 0.468. The van der Waals surface area contributed by atoms with Gasteiger partial charge in [0.15, 0.2) is 0 Å². The van der Waals surface area contributed by atoms with Crippen molar-refractivity contribution >= 4 is 11.6 Å². The lowest BCUT2D eigenvalue weighted by Gasteiger charge is -2.39. The van der Waals surface area contributed by atoms with Crippen LogP contribution in [0.5, 0.6) is 0 Å².